The molecule has 4 aromatic rings. The second-order valence-electron chi connectivity index (χ2n) is 8.44. The normalized spacial score (nSPS) is 11.6. The van der Waals surface area contributed by atoms with Crippen LogP contribution in [0.15, 0.2) is 59.4 Å². The van der Waals surface area contributed by atoms with Crippen LogP contribution in [0.4, 0.5) is 0 Å². The molecule has 0 aliphatic rings. The van der Waals surface area contributed by atoms with Crippen LogP contribution in [0.5, 0.6) is 0 Å². The molecule has 33 heavy (non-hydrogen) atoms. The van der Waals surface area contributed by atoms with Gasteiger partial charge < -0.3 is 0 Å². The summed E-state index contributed by atoms with van der Waals surface area (Å²) in [6.45, 7) is 7.47. The predicted octanol–water partition coefficient (Wildman–Crippen LogP) is 4.41. The number of aromatic nitrogens is 7. The maximum Gasteiger partial charge on any atom is 0.346 e. The van der Waals surface area contributed by atoms with E-state index in [1.807, 2.05) is 36.4 Å². The molecule has 0 radical (unpaired) electrons. The van der Waals surface area contributed by atoms with Gasteiger partial charge in [0.1, 0.15) is 0 Å². The van der Waals surface area contributed by atoms with Gasteiger partial charge in [-0.3, -0.25) is 4.57 Å². The molecule has 8 heteroatoms. The monoisotopic (exact) mass is 443 g/mol. The number of aryl methyl sites for hydroxylation is 1. The van der Waals surface area contributed by atoms with Crippen LogP contribution >= 0.6 is 0 Å². The predicted molar refractivity (Wildman–Crippen MR) is 129 cm³/mol. The molecule has 0 fully saturated rings. The Kier molecular flexibility index (Phi) is 6.92. The summed E-state index contributed by atoms with van der Waals surface area (Å²) in [5.41, 5.74) is 3.99. The minimum absolute atomic E-state index is 0.0707. The van der Waals surface area contributed by atoms with Gasteiger partial charge in [0.2, 0.25) is 0 Å². The lowest BCUT2D eigenvalue weighted by molar-refractivity contribution is 0.473. The Bertz CT molecular complexity index is 1270. The van der Waals surface area contributed by atoms with Gasteiger partial charge in [-0.2, -0.15) is 5.10 Å². The third-order valence-corrected chi connectivity index (χ3v) is 5.51. The molecule has 0 saturated heterocycles. The van der Waals surface area contributed by atoms with Gasteiger partial charge in [0.05, 0.1) is 6.54 Å². The van der Waals surface area contributed by atoms with Crippen LogP contribution in [0.2, 0.25) is 0 Å². The summed E-state index contributed by atoms with van der Waals surface area (Å²) in [6.07, 6.45) is 5.78. The number of nitrogens with one attached hydrogen (secondary N) is 1. The minimum Gasteiger partial charge on any atom is -0.271 e. The Morgan fingerprint density at radius 1 is 1.06 bits per heavy atom. The molecule has 0 unspecified atom stereocenters. The number of benzene rings is 2. The Hall–Kier alpha value is -3.81. The smallest absolute Gasteiger partial charge is 0.271 e. The number of aromatic amines is 1. The van der Waals surface area contributed by atoms with Crippen molar-refractivity contribution in [3.05, 3.63) is 76.5 Å². The van der Waals surface area contributed by atoms with Gasteiger partial charge in [-0.05, 0) is 52.0 Å². The molecule has 0 atom stereocenters. The van der Waals surface area contributed by atoms with Gasteiger partial charge in [-0.25, -0.2) is 14.6 Å². The van der Waals surface area contributed by atoms with Crippen molar-refractivity contribution in [3.63, 3.8) is 0 Å². The van der Waals surface area contributed by atoms with Gasteiger partial charge in [0.25, 0.3) is 0 Å². The Balaban J connectivity index is 1.61. The molecule has 4 rings (SSSR count). The van der Waals surface area contributed by atoms with Crippen LogP contribution in [0, 0.1) is 5.92 Å². The maximum atomic E-state index is 13.0. The molecule has 0 bridgehead atoms. The highest BCUT2D eigenvalue weighted by molar-refractivity contribution is 5.80. The molecule has 0 spiro atoms. The standard InChI is InChI=1S/C25H29N7O/c1-4-5-10-23-28-32(16-15-18(2)3)25(33)31(23)17-19-11-13-20(14-12-19)21-8-6-7-9-22(21)24-26-29-30-27-24/h5-14,18H,4,15-17H2,1-3H3,(H,26,27,29,30). The molecular weight excluding hydrogens is 414 g/mol. The second kappa shape index (κ2) is 10.2. The first-order valence-electron chi connectivity index (χ1n) is 11.3. The average Bonchev–Trinajstić information content (AvgIpc) is 3.46. The summed E-state index contributed by atoms with van der Waals surface area (Å²) < 4.78 is 3.33. The summed E-state index contributed by atoms with van der Waals surface area (Å²) in [4.78, 5) is 13.0. The lowest BCUT2D eigenvalue weighted by atomic mass is 9.98. The Morgan fingerprint density at radius 3 is 2.48 bits per heavy atom. The SMILES string of the molecule is CCC=Cc1nn(CCC(C)C)c(=O)n1Cc1ccc(-c2ccccc2-c2nnn[nH]2)cc1. The quantitative estimate of drug-likeness (QED) is 0.413. The van der Waals surface area contributed by atoms with E-state index in [1.165, 1.54) is 0 Å². The van der Waals surface area contributed by atoms with Gasteiger partial charge in [0.15, 0.2) is 11.6 Å². The van der Waals surface area contributed by atoms with Crippen molar-refractivity contribution in [2.75, 3.05) is 0 Å². The van der Waals surface area contributed by atoms with Crippen molar-refractivity contribution in [2.24, 2.45) is 5.92 Å². The second-order valence-corrected chi connectivity index (χ2v) is 8.44. The van der Waals surface area contributed by atoms with Crippen molar-refractivity contribution in [2.45, 2.75) is 46.7 Å². The number of hydrogen-bond donors (Lipinski definition) is 1. The van der Waals surface area contributed by atoms with Crippen molar-refractivity contribution in [3.8, 4) is 22.5 Å². The van der Waals surface area contributed by atoms with E-state index < -0.39 is 0 Å². The van der Waals surface area contributed by atoms with Crippen molar-refractivity contribution in [1.29, 1.82) is 0 Å². The molecule has 2 aromatic heterocycles. The van der Waals surface area contributed by atoms with Crippen LogP contribution < -0.4 is 5.69 Å². The third kappa shape index (κ3) is 5.16. The number of nitrogens with zero attached hydrogens (tertiary/aromatic N) is 6. The molecule has 2 heterocycles. The summed E-state index contributed by atoms with van der Waals surface area (Å²) >= 11 is 0. The average molecular weight is 444 g/mol. The maximum absolute atomic E-state index is 13.0. The van der Waals surface area contributed by atoms with Gasteiger partial charge >= 0.3 is 5.69 Å². The third-order valence-electron chi connectivity index (χ3n) is 5.51. The van der Waals surface area contributed by atoms with E-state index in [1.54, 1.807) is 9.25 Å². The van der Waals surface area contributed by atoms with Gasteiger partial charge in [-0.15, -0.1) is 5.10 Å². The molecule has 0 aliphatic heterocycles. The van der Waals surface area contributed by atoms with Crippen molar-refractivity contribution >= 4 is 6.08 Å². The van der Waals surface area contributed by atoms with Crippen LogP contribution in [-0.2, 0) is 13.1 Å². The van der Waals surface area contributed by atoms with Gasteiger partial charge in [0, 0.05) is 12.1 Å². The Morgan fingerprint density at radius 2 is 1.82 bits per heavy atom. The number of allylic oxidation sites excluding steroid dienone is 1. The van der Waals surface area contributed by atoms with Crippen LogP contribution in [-0.4, -0.2) is 35.0 Å². The number of hydrogen-bond acceptors (Lipinski definition) is 5. The molecule has 8 nitrogen and oxygen atoms in total. The van der Waals surface area contributed by atoms with E-state index in [9.17, 15) is 4.79 Å². The first-order chi connectivity index (χ1) is 16.1. The van der Waals surface area contributed by atoms with Crippen molar-refractivity contribution in [1.82, 2.24) is 35.0 Å². The zero-order valence-corrected chi connectivity index (χ0v) is 19.3. The van der Waals surface area contributed by atoms with Crippen LogP contribution in [0.25, 0.3) is 28.6 Å². The highest BCUT2D eigenvalue weighted by Crippen LogP contribution is 2.29. The molecule has 0 amide bonds. The zero-order chi connectivity index (χ0) is 23.2. The van der Waals surface area contributed by atoms with Crippen LogP contribution in [0.3, 0.4) is 0 Å². The molecule has 0 saturated carbocycles. The lowest BCUT2D eigenvalue weighted by Gasteiger charge is -2.09. The highest BCUT2D eigenvalue weighted by atomic mass is 16.2. The molecule has 1 N–H and O–H groups in total. The number of rotatable bonds is 9. The summed E-state index contributed by atoms with van der Waals surface area (Å²) in [6, 6.07) is 16.2. The molecular formula is C25H29N7O. The van der Waals surface area contributed by atoms with Crippen molar-refractivity contribution < 1.29 is 0 Å². The van der Waals surface area contributed by atoms with E-state index in [0.29, 0.717) is 30.7 Å². The molecule has 0 aliphatic carbocycles. The summed E-state index contributed by atoms with van der Waals surface area (Å²) in [7, 11) is 0. The Labute approximate surface area is 193 Å². The van der Waals surface area contributed by atoms with E-state index >= 15 is 0 Å². The van der Waals surface area contributed by atoms with E-state index in [-0.39, 0.29) is 5.69 Å². The highest BCUT2D eigenvalue weighted by Gasteiger charge is 2.13. The number of tetrazole rings is 1. The fraction of sp³-hybridized carbons (Fsp3) is 0.320. The topological polar surface area (TPSA) is 94.3 Å². The van der Waals surface area contributed by atoms with Crippen LogP contribution in [0.1, 0.15) is 45.0 Å². The zero-order valence-electron chi connectivity index (χ0n) is 19.3. The largest absolute Gasteiger partial charge is 0.346 e. The first-order valence-corrected chi connectivity index (χ1v) is 11.3. The van der Waals surface area contributed by atoms with E-state index in [2.05, 4.69) is 70.8 Å². The fourth-order valence-electron chi connectivity index (χ4n) is 3.67. The van der Waals surface area contributed by atoms with E-state index in [0.717, 1.165) is 35.1 Å². The minimum atomic E-state index is -0.0707. The number of H-pyrrole nitrogens is 1. The van der Waals surface area contributed by atoms with Gasteiger partial charge in [-0.1, -0.05) is 75.4 Å². The van der Waals surface area contributed by atoms with E-state index in [4.69, 9.17) is 0 Å². The summed E-state index contributed by atoms with van der Waals surface area (Å²) in [5, 5.41) is 18.8. The lowest BCUT2D eigenvalue weighted by Crippen LogP contribution is -2.26. The fourth-order valence-corrected chi connectivity index (χ4v) is 3.67. The first kappa shape index (κ1) is 22.4. The summed E-state index contributed by atoms with van der Waals surface area (Å²) in [5.74, 6) is 1.83. The molecule has 170 valence electrons. The molecule has 2 aromatic carbocycles.